The van der Waals surface area contributed by atoms with Gasteiger partial charge in [-0.2, -0.15) is 0 Å². The standard InChI is InChI=1S/2C8H16/c2*1-4-5-6-7-8(2)3/h2*4,8H,1,5-7H2,2-3H3. The normalized spacial score (nSPS) is 9.88. The van der Waals surface area contributed by atoms with Gasteiger partial charge in [-0.15, -0.1) is 13.2 Å². The molecule has 0 aliphatic rings. The van der Waals surface area contributed by atoms with Gasteiger partial charge >= 0.3 is 0 Å². The predicted octanol–water partition coefficient (Wildman–Crippen LogP) is 6.00. The van der Waals surface area contributed by atoms with E-state index in [2.05, 4.69) is 40.9 Å². The van der Waals surface area contributed by atoms with Gasteiger partial charge in [0.2, 0.25) is 0 Å². The maximum Gasteiger partial charge on any atom is -0.0353 e. The monoisotopic (exact) mass is 224 g/mol. The van der Waals surface area contributed by atoms with Gasteiger partial charge in [-0.25, -0.2) is 0 Å². The molecule has 0 rings (SSSR count). The van der Waals surface area contributed by atoms with Gasteiger partial charge in [0.15, 0.2) is 0 Å². The highest BCUT2D eigenvalue weighted by Crippen LogP contribution is 2.05. The smallest absolute Gasteiger partial charge is 0.0353 e. The lowest BCUT2D eigenvalue weighted by atomic mass is 10.1. The highest BCUT2D eigenvalue weighted by molar-refractivity contribution is 4.66. The highest BCUT2D eigenvalue weighted by Gasteiger charge is 1.90. The summed E-state index contributed by atoms with van der Waals surface area (Å²) in [5, 5.41) is 0. The van der Waals surface area contributed by atoms with Crippen LogP contribution in [-0.2, 0) is 0 Å². The van der Waals surface area contributed by atoms with Gasteiger partial charge in [-0.3, -0.25) is 0 Å². The summed E-state index contributed by atoms with van der Waals surface area (Å²) in [6.07, 6.45) is 11.6. The van der Waals surface area contributed by atoms with Crippen LogP contribution in [0, 0.1) is 11.8 Å². The average molecular weight is 224 g/mol. The topological polar surface area (TPSA) is 0 Å². The van der Waals surface area contributed by atoms with Crippen molar-refractivity contribution >= 4 is 0 Å². The molecule has 96 valence electrons. The van der Waals surface area contributed by atoms with Crippen LogP contribution in [0.4, 0.5) is 0 Å². The average Bonchev–Trinajstić information content (AvgIpc) is 2.18. The summed E-state index contributed by atoms with van der Waals surface area (Å²) in [5.74, 6) is 1.71. The van der Waals surface area contributed by atoms with Gasteiger partial charge in [0.25, 0.3) is 0 Å². The fourth-order valence-corrected chi connectivity index (χ4v) is 1.34. The summed E-state index contributed by atoms with van der Waals surface area (Å²) >= 11 is 0. The molecular formula is C16H32. The fourth-order valence-electron chi connectivity index (χ4n) is 1.34. The van der Waals surface area contributed by atoms with Crippen molar-refractivity contribution in [2.24, 2.45) is 11.8 Å². The Morgan fingerprint density at radius 2 is 1.06 bits per heavy atom. The van der Waals surface area contributed by atoms with Crippen LogP contribution in [-0.4, -0.2) is 0 Å². The van der Waals surface area contributed by atoms with Crippen molar-refractivity contribution in [1.82, 2.24) is 0 Å². The SMILES string of the molecule is C=CCCCC(C)C.C=CCCCC(C)C. The number of allylic oxidation sites excluding steroid dienone is 2. The molecule has 0 spiro atoms. The summed E-state index contributed by atoms with van der Waals surface area (Å²) in [5.41, 5.74) is 0. The summed E-state index contributed by atoms with van der Waals surface area (Å²) in [7, 11) is 0. The van der Waals surface area contributed by atoms with Crippen molar-refractivity contribution in [1.29, 1.82) is 0 Å². The van der Waals surface area contributed by atoms with Gasteiger partial charge in [-0.1, -0.05) is 52.7 Å². The summed E-state index contributed by atoms with van der Waals surface area (Å²) in [4.78, 5) is 0. The van der Waals surface area contributed by atoms with Crippen molar-refractivity contribution < 1.29 is 0 Å². The first-order valence-electron chi connectivity index (χ1n) is 6.76. The Labute approximate surface area is 104 Å². The Hall–Kier alpha value is -0.520. The minimum absolute atomic E-state index is 0.856. The quantitative estimate of drug-likeness (QED) is 0.350. The van der Waals surface area contributed by atoms with Crippen molar-refractivity contribution in [2.45, 2.75) is 66.2 Å². The Kier molecular flexibility index (Phi) is 16.2. The molecule has 0 N–H and O–H groups in total. The van der Waals surface area contributed by atoms with Crippen LogP contribution >= 0.6 is 0 Å². The molecule has 0 heterocycles. The van der Waals surface area contributed by atoms with Crippen LogP contribution in [0.1, 0.15) is 66.2 Å². The maximum atomic E-state index is 3.66. The van der Waals surface area contributed by atoms with Crippen LogP contribution in [0.15, 0.2) is 25.3 Å². The second kappa shape index (κ2) is 14.5. The van der Waals surface area contributed by atoms with E-state index in [0.717, 1.165) is 11.8 Å². The van der Waals surface area contributed by atoms with Crippen molar-refractivity contribution in [3.63, 3.8) is 0 Å². The molecule has 0 nitrogen and oxygen atoms in total. The molecule has 0 bridgehead atoms. The second-order valence-corrected chi connectivity index (χ2v) is 5.23. The lowest BCUT2D eigenvalue weighted by Gasteiger charge is -1.99. The lowest BCUT2D eigenvalue weighted by molar-refractivity contribution is 0.560. The van der Waals surface area contributed by atoms with Crippen molar-refractivity contribution in [3.05, 3.63) is 25.3 Å². The van der Waals surface area contributed by atoms with E-state index in [-0.39, 0.29) is 0 Å². The molecule has 0 saturated carbocycles. The van der Waals surface area contributed by atoms with E-state index in [9.17, 15) is 0 Å². The Bertz CT molecular complexity index is 124. The zero-order chi connectivity index (χ0) is 12.8. The van der Waals surface area contributed by atoms with Crippen LogP contribution in [0.2, 0.25) is 0 Å². The molecule has 0 amide bonds. The molecule has 0 atom stereocenters. The number of rotatable bonds is 8. The van der Waals surface area contributed by atoms with E-state index in [1.165, 1.54) is 38.5 Å². The minimum atomic E-state index is 0.856. The molecule has 0 aromatic carbocycles. The molecule has 0 aliphatic heterocycles. The largest absolute Gasteiger partial charge is 0.103 e. The predicted molar refractivity (Wildman–Crippen MR) is 77.8 cm³/mol. The van der Waals surface area contributed by atoms with E-state index in [0.29, 0.717) is 0 Å². The molecule has 0 heteroatoms. The number of hydrogen-bond acceptors (Lipinski definition) is 0. The summed E-state index contributed by atoms with van der Waals surface area (Å²) in [6, 6.07) is 0. The third-order valence-corrected chi connectivity index (χ3v) is 2.38. The van der Waals surface area contributed by atoms with E-state index < -0.39 is 0 Å². The van der Waals surface area contributed by atoms with Gasteiger partial charge in [0.1, 0.15) is 0 Å². The van der Waals surface area contributed by atoms with Crippen molar-refractivity contribution in [2.75, 3.05) is 0 Å². The van der Waals surface area contributed by atoms with E-state index in [1.54, 1.807) is 0 Å². The molecule has 0 aliphatic carbocycles. The first-order valence-corrected chi connectivity index (χ1v) is 6.76. The van der Waals surface area contributed by atoms with E-state index in [1.807, 2.05) is 12.2 Å². The Morgan fingerprint density at radius 3 is 1.25 bits per heavy atom. The van der Waals surface area contributed by atoms with Gasteiger partial charge < -0.3 is 0 Å². The molecule has 16 heavy (non-hydrogen) atoms. The van der Waals surface area contributed by atoms with Gasteiger partial charge in [0.05, 0.1) is 0 Å². The van der Waals surface area contributed by atoms with Gasteiger partial charge in [-0.05, 0) is 37.5 Å². The van der Waals surface area contributed by atoms with Gasteiger partial charge in [0, 0.05) is 0 Å². The number of unbranched alkanes of at least 4 members (excludes halogenated alkanes) is 2. The first kappa shape index (κ1) is 17.9. The lowest BCUT2D eigenvalue weighted by Crippen LogP contribution is -1.84. The zero-order valence-corrected chi connectivity index (χ0v) is 12.0. The third-order valence-electron chi connectivity index (χ3n) is 2.38. The van der Waals surface area contributed by atoms with Crippen LogP contribution in [0.25, 0.3) is 0 Å². The minimum Gasteiger partial charge on any atom is -0.103 e. The number of hydrogen-bond donors (Lipinski definition) is 0. The molecule has 0 radical (unpaired) electrons. The van der Waals surface area contributed by atoms with Crippen LogP contribution < -0.4 is 0 Å². The zero-order valence-electron chi connectivity index (χ0n) is 12.0. The Balaban J connectivity index is 0. The van der Waals surface area contributed by atoms with Crippen LogP contribution in [0.3, 0.4) is 0 Å². The molecule has 0 saturated heterocycles. The maximum absolute atomic E-state index is 3.66. The molecular weight excluding hydrogens is 192 g/mol. The fraction of sp³-hybridized carbons (Fsp3) is 0.750. The molecule has 0 aromatic rings. The Morgan fingerprint density at radius 1 is 0.750 bits per heavy atom. The summed E-state index contributed by atoms with van der Waals surface area (Å²) < 4.78 is 0. The molecule has 0 fully saturated rings. The van der Waals surface area contributed by atoms with E-state index in [4.69, 9.17) is 0 Å². The second-order valence-electron chi connectivity index (χ2n) is 5.23. The highest BCUT2D eigenvalue weighted by atomic mass is 14.0. The molecule has 0 unspecified atom stereocenters. The molecule has 0 aromatic heterocycles. The summed E-state index contributed by atoms with van der Waals surface area (Å²) in [6.45, 7) is 16.3. The first-order chi connectivity index (χ1) is 7.54. The van der Waals surface area contributed by atoms with Crippen LogP contribution in [0.5, 0.6) is 0 Å². The van der Waals surface area contributed by atoms with Crippen molar-refractivity contribution in [3.8, 4) is 0 Å². The van der Waals surface area contributed by atoms with E-state index >= 15 is 0 Å². The third kappa shape index (κ3) is 23.4.